The molecule has 1 atom stereocenters. The molecule has 0 amide bonds. The van der Waals surface area contributed by atoms with Crippen LogP contribution in [0, 0.1) is 6.92 Å². The molecule has 0 saturated heterocycles. The molecule has 0 aliphatic heterocycles. The Kier molecular flexibility index (Phi) is 5.47. The summed E-state index contributed by atoms with van der Waals surface area (Å²) in [6, 6.07) is 7.29. The molecule has 2 aromatic rings. The molecule has 0 bridgehead atoms. The highest BCUT2D eigenvalue weighted by atomic mass is 32.2. The van der Waals surface area contributed by atoms with Crippen LogP contribution < -0.4 is 4.74 Å². The van der Waals surface area contributed by atoms with Gasteiger partial charge in [0.05, 0.1) is 7.11 Å². The van der Waals surface area contributed by atoms with E-state index in [1.165, 1.54) is 38.3 Å². The van der Waals surface area contributed by atoms with Gasteiger partial charge in [0, 0.05) is 23.3 Å². The minimum absolute atomic E-state index is 0.00133. The van der Waals surface area contributed by atoms with Crippen LogP contribution in [0.2, 0.25) is 0 Å². The average molecular weight is 406 g/mol. The van der Waals surface area contributed by atoms with E-state index >= 15 is 0 Å². The third-order valence-electron chi connectivity index (χ3n) is 3.28. The van der Waals surface area contributed by atoms with Crippen molar-refractivity contribution in [3.8, 4) is 5.75 Å². The summed E-state index contributed by atoms with van der Waals surface area (Å²) in [5.74, 6) is -0.134. The Labute approximate surface area is 148 Å². The second-order valence-electron chi connectivity index (χ2n) is 4.96. The van der Waals surface area contributed by atoms with Crippen LogP contribution in [-0.2, 0) is 31.4 Å². The van der Waals surface area contributed by atoms with Crippen LogP contribution >= 0.6 is 0 Å². The van der Waals surface area contributed by atoms with E-state index in [9.17, 15) is 30.5 Å². The molecule has 25 heavy (non-hydrogen) atoms. The van der Waals surface area contributed by atoms with Gasteiger partial charge in [-0.05, 0) is 30.7 Å². The van der Waals surface area contributed by atoms with Gasteiger partial charge >= 0.3 is 0 Å². The predicted molar refractivity (Wildman–Crippen MR) is 88.5 cm³/mol. The van der Waals surface area contributed by atoms with Gasteiger partial charge in [0.1, 0.15) is 15.5 Å². The van der Waals surface area contributed by atoms with Crippen molar-refractivity contribution < 1.29 is 35.2 Å². The summed E-state index contributed by atoms with van der Waals surface area (Å²) in [7, 11) is -7.91. The molecule has 136 valence electrons. The lowest BCUT2D eigenvalue weighted by molar-refractivity contribution is 0.397. The van der Waals surface area contributed by atoms with Gasteiger partial charge in [-0.15, -0.1) is 0 Å². The summed E-state index contributed by atoms with van der Waals surface area (Å²) in [6.45, 7) is 1.46. The summed E-state index contributed by atoms with van der Waals surface area (Å²) in [4.78, 5) is -0.937. The molecule has 11 heteroatoms. The molecule has 0 aliphatic carbocycles. The Bertz CT molecular complexity index is 1010. The first-order chi connectivity index (χ1) is 11.4. The largest absolute Gasteiger partial charge is 0.606 e. The molecular weight excluding hydrogens is 392 g/mol. The van der Waals surface area contributed by atoms with Crippen LogP contribution in [-0.4, -0.2) is 37.6 Å². The van der Waals surface area contributed by atoms with Gasteiger partial charge in [0.15, 0.2) is 9.79 Å². The minimum atomic E-state index is -4.62. The third kappa shape index (κ3) is 4.32. The van der Waals surface area contributed by atoms with Crippen molar-refractivity contribution in [3.63, 3.8) is 0 Å². The smallest absolute Gasteiger partial charge is 0.298 e. The molecule has 0 saturated carbocycles. The monoisotopic (exact) mass is 406 g/mol. The lowest BCUT2D eigenvalue weighted by atomic mass is 10.2. The molecule has 1 unspecified atom stereocenters. The zero-order valence-corrected chi connectivity index (χ0v) is 15.5. The fourth-order valence-corrected chi connectivity index (χ4v) is 4.77. The van der Waals surface area contributed by atoms with Gasteiger partial charge in [-0.2, -0.15) is 16.8 Å². The van der Waals surface area contributed by atoms with Crippen LogP contribution in [0.15, 0.2) is 56.0 Å². The molecular formula is C14H14O8S3. The summed E-state index contributed by atoms with van der Waals surface area (Å²) in [5.41, 5.74) is 0.261. The van der Waals surface area contributed by atoms with Crippen molar-refractivity contribution >= 4 is 31.4 Å². The van der Waals surface area contributed by atoms with Gasteiger partial charge < -0.3 is 9.29 Å². The number of hydrogen-bond donors (Lipinski definition) is 2. The van der Waals surface area contributed by atoms with Crippen molar-refractivity contribution in [2.45, 2.75) is 26.5 Å². The van der Waals surface area contributed by atoms with Crippen molar-refractivity contribution in [1.82, 2.24) is 0 Å². The highest BCUT2D eigenvalue weighted by Crippen LogP contribution is 2.30. The first-order valence-corrected chi connectivity index (χ1v) is 10.6. The number of ether oxygens (including phenoxy) is 1. The van der Waals surface area contributed by atoms with E-state index in [2.05, 4.69) is 0 Å². The number of hydrogen-bond acceptors (Lipinski definition) is 6. The van der Waals surface area contributed by atoms with Crippen LogP contribution in [0.25, 0.3) is 0 Å². The second kappa shape index (κ2) is 6.94. The number of aryl methyl sites for hydroxylation is 1. The van der Waals surface area contributed by atoms with E-state index in [1.54, 1.807) is 0 Å². The molecule has 2 aromatic carbocycles. The standard InChI is InChI=1S/C14H14O8S3/c1-9-3-4-10(7-13(9)24(16,17)18)23(15)11-5-6-12(22-2)14(8-11)25(19,20)21/h3-8H,1-2H3,(H,16,17,18)(H,19,20,21). The third-order valence-corrected chi connectivity index (χ3v) is 6.51. The minimum Gasteiger partial charge on any atom is -0.606 e. The fraction of sp³-hybridized carbons (Fsp3) is 0.143. The predicted octanol–water partition coefficient (Wildman–Crippen LogP) is 1.66. The second-order valence-corrected chi connectivity index (χ2v) is 9.22. The SMILES string of the molecule is COc1ccc([S+]([O-])c2ccc(C)c(S(=O)(=O)O)c2)cc1S(=O)(=O)O. The van der Waals surface area contributed by atoms with Crippen LogP contribution in [0.1, 0.15) is 5.56 Å². The van der Waals surface area contributed by atoms with Crippen molar-refractivity contribution in [2.24, 2.45) is 0 Å². The summed E-state index contributed by atoms with van der Waals surface area (Å²) in [5, 5.41) is 0. The molecule has 0 radical (unpaired) electrons. The van der Waals surface area contributed by atoms with Crippen LogP contribution in [0.3, 0.4) is 0 Å². The molecule has 0 spiro atoms. The lowest BCUT2D eigenvalue weighted by Crippen LogP contribution is -2.08. The molecule has 0 aliphatic rings. The highest BCUT2D eigenvalue weighted by molar-refractivity contribution is 7.91. The van der Waals surface area contributed by atoms with E-state index < -0.39 is 41.2 Å². The molecule has 8 nitrogen and oxygen atoms in total. The first kappa shape index (κ1) is 19.7. The maximum Gasteiger partial charge on any atom is 0.298 e. The van der Waals surface area contributed by atoms with Crippen LogP contribution in [0.4, 0.5) is 0 Å². The Morgan fingerprint density at radius 1 is 0.920 bits per heavy atom. The van der Waals surface area contributed by atoms with E-state index in [0.29, 0.717) is 0 Å². The molecule has 0 fully saturated rings. The lowest BCUT2D eigenvalue weighted by Gasteiger charge is -2.13. The Morgan fingerprint density at radius 3 is 1.88 bits per heavy atom. The maximum absolute atomic E-state index is 12.6. The van der Waals surface area contributed by atoms with Crippen molar-refractivity contribution in [3.05, 3.63) is 42.0 Å². The molecule has 2 N–H and O–H groups in total. The van der Waals surface area contributed by atoms with Gasteiger partial charge in [0.2, 0.25) is 0 Å². The zero-order valence-electron chi connectivity index (χ0n) is 13.0. The van der Waals surface area contributed by atoms with Crippen molar-refractivity contribution in [2.75, 3.05) is 7.11 Å². The summed E-state index contributed by atoms with van der Waals surface area (Å²) >= 11 is -1.96. The van der Waals surface area contributed by atoms with Crippen molar-refractivity contribution in [1.29, 1.82) is 0 Å². The van der Waals surface area contributed by atoms with E-state index in [0.717, 1.165) is 12.1 Å². The van der Waals surface area contributed by atoms with Crippen LogP contribution in [0.5, 0.6) is 5.75 Å². The molecule has 2 rings (SSSR count). The Morgan fingerprint density at radius 2 is 1.40 bits per heavy atom. The van der Waals surface area contributed by atoms with Gasteiger partial charge in [0.25, 0.3) is 20.2 Å². The normalized spacial score (nSPS) is 13.5. The van der Waals surface area contributed by atoms with Gasteiger partial charge in [-0.3, -0.25) is 9.11 Å². The molecule has 0 aromatic heterocycles. The summed E-state index contributed by atoms with van der Waals surface area (Å²) < 4.78 is 81.5. The fourth-order valence-electron chi connectivity index (χ4n) is 2.08. The summed E-state index contributed by atoms with van der Waals surface area (Å²) in [6.07, 6.45) is 0. The number of benzene rings is 2. The van der Waals surface area contributed by atoms with E-state index in [4.69, 9.17) is 4.74 Å². The van der Waals surface area contributed by atoms with E-state index in [-0.39, 0.29) is 21.1 Å². The quantitative estimate of drug-likeness (QED) is 0.564. The average Bonchev–Trinajstić information content (AvgIpc) is 2.52. The number of methoxy groups -OCH3 is 1. The number of rotatable bonds is 5. The zero-order chi connectivity index (χ0) is 19.0. The topological polar surface area (TPSA) is 141 Å². The highest BCUT2D eigenvalue weighted by Gasteiger charge is 2.24. The Hall–Kier alpha value is -1.63. The Balaban J connectivity index is 2.57. The maximum atomic E-state index is 12.6. The first-order valence-electron chi connectivity index (χ1n) is 6.60. The van der Waals surface area contributed by atoms with E-state index in [1.807, 2.05) is 0 Å². The molecule has 0 heterocycles. The van der Waals surface area contributed by atoms with Gasteiger partial charge in [-0.1, -0.05) is 6.07 Å². The van der Waals surface area contributed by atoms with Gasteiger partial charge in [-0.25, -0.2) is 0 Å².